The Kier molecular flexibility index (Phi) is 6.71. The molecule has 0 aliphatic rings. The van der Waals surface area contributed by atoms with Crippen molar-refractivity contribution in [1.29, 1.82) is 0 Å². The fourth-order valence-corrected chi connectivity index (χ4v) is 3.29. The summed E-state index contributed by atoms with van der Waals surface area (Å²) < 4.78 is 39.2. The maximum atomic E-state index is 13.1. The second-order valence-corrected chi connectivity index (χ2v) is 7.59. The van der Waals surface area contributed by atoms with Gasteiger partial charge in [-0.2, -0.15) is 13.2 Å². The third-order valence-corrected chi connectivity index (χ3v) is 5.27. The van der Waals surface area contributed by atoms with Crippen molar-refractivity contribution in [2.75, 3.05) is 11.1 Å². The Labute approximate surface area is 190 Å². The van der Waals surface area contributed by atoms with Gasteiger partial charge in [0.1, 0.15) is 22.9 Å². The first-order valence-electron chi connectivity index (χ1n) is 9.04. The minimum absolute atomic E-state index is 0.0241. The third-order valence-electron chi connectivity index (χ3n) is 4.57. The standard InChI is InChI=1S/C21H15Cl2F3N4O2/c1-10-2-4-13(6-12(10)8-16(31)18-17(23)19(27)29-9-28-18)30-20(32)11-3-5-15(22)14(7-11)21(24,25)26/h2-7,9H,8H2,1H3,(H,30,32)(H2,27,28,29). The summed E-state index contributed by atoms with van der Waals surface area (Å²) in [6.45, 7) is 1.76. The Balaban J connectivity index is 1.82. The number of Topliss-reactive ketones (excluding diaryl/α,β-unsaturated/α-hetero) is 1. The molecule has 1 amide bonds. The largest absolute Gasteiger partial charge is 0.417 e. The lowest BCUT2D eigenvalue weighted by Gasteiger charge is -2.13. The summed E-state index contributed by atoms with van der Waals surface area (Å²) >= 11 is 11.6. The van der Waals surface area contributed by atoms with Crippen molar-refractivity contribution in [1.82, 2.24) is 9.97 Å². The minimum atomic E-state index is -4.70. The van der Waals surface area contributed by atoms with Crippen molar-refractivity contribution in [2.24, 2.45) is 0 Å². The Hall–Kier alpha value is -3.17. The number of carbonyl (C=O) groups excluding carboxylic acids is 2. The number of aromatic nitrogens is 2. The third kappa shape index (κ3) is 5.17. The van der Waals surface area contributed by atoms with Crippen LogP contribution in [0.25, 0.3) is 0 Å². The zero-order valence-corrected chi connectivity index (χ0v) is 17.9. The van der Waals surface area contributed by atoms with Gasteiger partial charge in [-0.15, -0.1) is 0 Å². The van der Waals surface area contributed by atoms with Gasteiger partial charge in [-0.1, -0.05) is 29.3 Å². The monoisotopic (exact) mass is 482 g/mol. The molecular formula is C21H15Cl2F3N4O2. The minimum Gasteiger partial charge on any atom is -0.382 e. The van der Waals surface area contributed by atoms with Gasteiger partial charge >= 0.3 is 6.18 Å². The molecule has 11 heteroatoms. The summed E-state index contributed by atoms with van der Waals surface area (Å²) in [6.07, 6.45) is -3.67. The second-order valence-electron chi connectivity index (χ2n) is 6.81. The summed E-state index contributed by atoms with van der Waals surface area (Å²) in [7, 11) is 0. The molecule has 166 valence electrons. The number of nitrogens with two attached hydrogens (primary N) is 1. The maximum Gasteiger partial charge on any atom is 0.417 e. The molecule has 32 heavy (non-hydrogen) atoms. The van der Waals surface area contributed by atoms with Gasteiger partial charge in [0.2, 0.25) is 0 Å². The highest BCUT2D eigenvalue weighted by Gasteiger charge is 2.33. The summed E-state index contributed by atoms with van der Waals surface area (Å²) in [5, 5.41) is 1.97. The number of hydrogen-bond acceptors (Lipinski definition) is 5. The van der Waals surface area contributed by atoms with Crippen LogP contribution in [-0.4, -0.2) is 21.7 Å². The number of hydrogen-bond donors (Lipinski definition) is 2. The number of anilines is 2. The van der Waals surface area contributed by atoms with Crippen molar-refractivity contribution in [3.05, 3.63) is 80.7 Å². The molecule has 0 unspecified atom stereocenters. The van der Waals surface area contributed by atoms with E-state index < -0.39 is 28.5 Å². The summed E-state index contributed by atoms with van der Waals surface area (Å²) in [5.74, 6) is -1.20. The Bertz CT molecular complexity index is 1220. The van der Waals surface area contributed by atoms with Crippen LogP contribution in [0, 0.1) is 6.92 Å². The highest BCUT2D eigenvalue weighted by Crippen LogP contribution is 2.35. The van der Waals surface area contributed by atoms with Crippen LogP contribution >= 0.6 is 23.2 Å². The lowest BCUT2D eigenvalue weighted by atomic mass is 10.0. The molecule has 3 N–H and O–H groups in total. The molecule has 2 aromatic carbocycles. The van der Waals surface area contributed by atoms with Gasteiger partial charge in [0.25, 0.3) is 5.91 Å². The average molecular weight is 483 g/mol. The van der Waals surface area contributed by atoms with Crippen molar-refractivity contribution >= 4 is 46.4 Å². The van der Waals surface area contributed by atoms with Crippen molar-refractivity contribution in [2.45, 2.75) is 19.5 Å². The number of rotatable bonds is 5. The molecule has 1 heterocycles. The van der Waals surface area contributed by atoms with E-state index in [2.05, 4.69) is 15.3 Å². The van der Waals surface area contributed by atoms with Gasteiger partial charge < -0.3 is 11.1 Å². The van der Waals surface area contributed by atoms with E-state index in [4.69, 9.17) is 28.9 Å². The lowest BCUT2D eigenvalue weighted by Crippen LogP contribution is -2.15. The van der Waals surface area contributed by atoms with Crippen molar-refractivity contribution in [3.8, 4) is 0 Å². The van der Waals surface area contributed by atoms with E-state index in [-0.39, 0.29) is 28.5 Å². The molecule has 0 radical (unpaired) electrons. The molecule has 3 rings (SSSR count). The molecule has 0 aliphatic heterocycles. The van der Waals surface area contributed by atoms with Crippen LogP contribution < -0.4 is 11.1 Å². The summed E-state index contributed by atoms with van der Waals surface area (Å²) in [4.78, 5) is 32.7. The van der Waals surface area contributed by atoms with Crippen LogP contribution in [-0.2, 0) is 12.6 Å². The van der Waals surface area contributed by atoms with Gasteiger partial charge in [-0.3, -0.25) is 9.59 Å². The molecule has 1 aromatic heterocycles. The highest BCUT2D eigenvalue weighted by molar-refractivity contribution is 6.35. The van der Waals surface area contributed by atoms with E-state index in [1.54, 1.807) is 25.1 Å². The number of amides is 1. The van der Waals surface area contributed by atoms with E-state index in [9.17, 15) is 22.8 Å². The van der Waals surface area contributed by atoms with Gasteiger partial charge in [0, 0.05) is 17.7 Å². The summed E-state index contributed by atoms with van der Waals surface area (Å²) in [5.41, 5.74) is 5.85. The number of nitrogens with zero attached hydrogens (tertiary/aromatic N) is 2. The fourth-order valence-electron chi connectivity index (χ4n) is 2.86. The molecule has 0 atom stereocenters. The van der Waals surface area contributed by atoms with Crippen LogP contribution in [0.5, 0.6) is 0 Å². The number of benzene rings is 2. The van der Waals surface area contributed by atoms with Crippen molar-refractivity contribution in [3.63, 3.8) is 0 Å². The molecule has 0 bridgehead atoms. The SMILES string of the molecule is Cc1ccc(NC(=O)c2ccc(Cl)c(C(F)(F)F)c2)cc1CC(=O)c1ncnc(N)c1Cl. The van der Waals surface area contributed by atoms with Crippen LogP contribution in [0.1, 0.15) is 37.5 Å². The Morgan fingerprint density at radius 3 is 2.50 bits per heavy atom. The number of nitrogens with one attached hydrogen (secondary N) is 1. The van der Waals surface area contributed by atoms with Crippen LogP contribution in [0.4, 0.5) is 24.7 Å². The first-order chi connectivity index (χ1) is 15.0. The molecule has 0 fully saturated rings. The molecule has 6 nitrogen and oxygen atoms in total. The number of nitrogen functional groups attached to an aromatic ring is 1. The second kappa shape index (κ2) is 9.13. The van der Waals surface area contributed by atoms with Gasteiger partial charge in [0.15, 0.2) is 5.78 Å². The van der Waals surface area contributed by atoms with Gasteiger partial charge in [0.05, 0.1) is 10.6 Å². The first-order valence-corrected chi connectivity index (χ1v) is 9.79. The van der Waals surface area contributed by atoms with E-state index in [1.165, 1.54) is 6.07 Å². The van der Waals surface area contributed by atoms with E-state index in [0.717, 1.165) is 18.0 Å². The number of aryl methyl sites for hydroxylation is 1. The number of carbonyl (C=O) groups is 2. The molecule has 0 spiro atoms. The molecular weight excluding hydrogens is 468 g/mol. The quantitative estimate of drug-likeness (QED) is 0.476. The normalized spacial score (nSPS) is 11.3. The summed E-state index contributed by atoms with van der Waals surface area (Å²) in [6, 6.07) is 7.65. The Morgan fingerprint density at radius 1 is 1.09 bits per heavy atom. The van der Waals surface area contributed by atoms with Crippen LogP contribution in [0.15, 0.2) is 42.7 Å². The van der Waals surface area contributed by atoms with Gasteiger partial charge in [-0.05, 0) is 48.4 Å². The van der Waals surface area contributed by atoms with E-state index in [1.807, 2.05) is 0 Å². The number of ketones is 1. The van der Waals surface area contributed by atoms with Gasteiger partial charge in [-0.25, -0.2) is 9.97 Å². The number of alkyl halides is 3. The molecule has 0 saturated carbocycles. The zero-order chi connectivity index (χ0) is 23.6. The maximum absolute atomic E-state index is 13.1. The van der Waals surface area contributed by atoms with Crippen molar-refractivity contribution < 1.29 is 22.8 Å². The van der Waals surface area contributed by atoms with Crippen LogP contribution in [0.2, 0.25) is 10.0 Å². The molecule has 0 saturated heterocycles. The Morgan fingerprint density at radius 2 is 1.81 bits per heavy atom. The topological polar surface area (TPSA) is 98.0 Å². The van der Waals surface area contributed by atoms with Crippen LogP contribution in [0.3, 0.4) is 0 Å². The smallest absolute Gasteiger partial charge is 0.382 e. The van der Waals surface area contributed by atoms with E-state index in [0.29, 0.717) is 17.3 Å². The molecule has 3 aromatic rings. The zero-order valence-electron chi connectivity index (χ0n) is 16.4. The van der Waals surface area contributed by atoms with E-state index >= 15 is 0 Å². The molecule has 0 aliphatic carbocycles. The number of halogens is 5. The first kappa shape index (κ1) is 23.5. The average Bonchev–Trinajstić information content (AvgIpc) is 2.71. The predicted octanol–water partition coefficient (Wildman–Crippen LogP) is 5.37. The highest BCUT2D eigenvalue weighted by atomic mass is 35.5. The predicted molar refractivity (Wildman–Crippen MR) is 115 cm³/mol. The fraction of sp³-hybridized carbons (Fsp3) is 0.143. The lowest BCUT2D eigenvalue weighted by molar-refractivity contribution is -0.137.